The summed E-state index contributed by atoms with van der Waals surface area (Å²) < 4.78 is 19.5. The lowest BCUT2D eigenvalue weighted by Gasteiger charge is -2.06. The summed E-state index contributed by atoms with van der Waals surface area (Å²) in [6, 6.07) is 0. The number of unbranched alkanes of at least 4 members (excludes halogenated alkanes) is 1. The Hall–Kier alpha value is -1.11. The zero-order valence-electron chi connectivity index (χ0n) is 13.3. The molecule has 0 aliphatic rings. The standard InChI is InChI=1S/C15H28N2O4/c1-3-5-9-19-11-13-21-14-12-20-10-8-17-7-6-16(4-2)15(17)18/h6-7H,3-5,8-14H2,1-2H3. The Morgan fingerprint density at radius 2 is 1.43 bits per heavy atom. The van der Waals surface area contributed by atoms with E-state index in [1.165, 1.54) is 0 Å². The molecule has 0 atom stereocenters. The maximum Gasteiger partial charge on any atom is 0.328 e. The van der Waals surface area contributed by atoms with Crippen molar-refractivity contribution in [2.45, 2.75) is 39.8 Å². The Labute approximate surface area is 126 Å². The zero-order valence-corrected chi connectivity index (χ0v) is 13.3. The molecule has 0 saturated heterocycles. The first-order chi connectivity index (χ1) is 10.3. The molecule has 0 fully saturated rings. The average molecular weight is 300 g/mol. The maximum atomic E-state index is 11.7. The van der Waals surface area contributed by atoms with Gasteiger partial charge >= 0.3 is 5.69 Å². The van der Waals surface area contributed by atoms with Crippen LogP contribution in [0.2, 0.25) is 0 Å². The van der Waals surface area contributed by atoms with Crippen molar-refractivity contribution in [1.29, 1.82) is 0 Å². The van der Waals surface area contributed by atoms with E-state index in [1.54, 1.807) is 21.5 Å². The summed E-state index contributed by atoms with van der Waals surface area (Å²) in [7, 11) is 0. The predicted molar refractivity (Wildman–Crippen MR) is 81.7 cm³/mol. The van der Waals surface area contributed by atoms with Crippen LogP contribution >= 0.6 is 0 Å². The normalized spacial score (nSPS) is 11.1. The number of aryl methyl sites for hydroxylation is 1. The second kappa shape index (κ2) is 11.5. The summed E-state index contributed by atoms with van der Waals surface area (Å²) in [5, 5.41) is 0. The van der Waals surface area contributed by atoms with E-state index >= 15 is 0 Å². The summed E-state index contributed by atoms with van der Waals surface area (Å²) >= 11 is 0. The number of hydrogen-bond acceptors (Lipinski definition) is 4. The molecule has 21 heavy (non-hydrogen) atoms. The van der Waals surface area contributed by atoms with Crippen LogP contribution in [0.15, 0.2) is 17.2 Å². The van der Waals surface area contributed by atoms with Gasteiger partial charge in [0.15, 0.2) is 0 Å². The van der Waals surface area contributed by atoms with Gasteiger partial charge in [-0.25, -0.2) is 4.79 Å². The van der Waals surface area contributed by atoms with Crippen molar-refractivity contribution in [3.05, 3.63) is 22.9 Å². The topological polar surface area (TPSA) is 54.6 Å². The van der Waals surface area contributed by atoms with Crippen LogP contribution in [0.25, 0.3) is 0 Å². The lowest BCUT2D eigenvalue weighted by atomic mass is 10.4. The van der Waals surface area contributed by atoms with Gasteiger partial charge in [0, 0.05) is 25.5 Å². The molecule has 0 aromatic carbocycles. The van der Waals surface area contributed by atoms with Crippen LogP contribution in [0.4, 0.5) is 0 Å². The lowest BCUT2D eigenvalue weighted by molar-refractivity contribution is 0.0126. The molecule has 6 nitrogen and oxygen atoms in total. The van der Waals surface area contributed by atoms with Crippen LogP contribution in [0.1, 0.15) is 26.7 Å². The minimum absolute atomic E-state index is 0.0154. The van der Waals surface area contributed by atoms with E-state index in [0.29, 0.717) is 46.1 Å². The molecule has 1 rings (SSSR count). The van der Waals surface area contributed by atoms with E-state index in [9.17, 15) is 4.79 Å². The van der Waals surface area contributed by atoms with Gasteiger partial charge in [-0.1, -0.05) is 13.3 Å². The van der Waals surface area contributed by atoms with E-state index in [2.05, 4.69) is 6.92 Å². The average Bonchev–Trinajstić information content (AvgIpc) is 2.85. The summed E-state index contributed by atoms with van der Waals surface area (Å²) in [4.78, 5) is 11.7. The lowest BCUT2D eigenvalue weighted by Crippen LogP contribution is -2.25. The largest absolute Gasteiger partial charge is 0.379 e. The maximum absolute atomic E-state index is 11.7. The highest BCUT2D eigenvalue weighted by Gasteiger charge is 2.00. The molecule has 0 amide bonds. The summed E-state index contributed by atoms with van der Waals surface area (Å²) in [6.45, 7) is 9.03. The molecular formula is C15H28N2O4. The van der Waals surface area contributed by atoms with Gasteiger partial charge in [0.2, 0.25) is 0 Å². The second-order valence-corrected chi connectivity index (χ2v) is 4.75. The molecule has 0 N–H and O–H groups in total. The van der Waals surface area contributed by atoms with Crippen molar-refractivity contribution in [2.75, 3.05) is 39.6 Å². The molecule has 122 valence electrons. The van der Waals surface area contributed by atoms with Gasteiger partial charge in [0.1, 0.15) is 0 Å². The minimum atomic E-state index is 0.0154. The van der Waals surface area contributed by atoms with Crippen molar-refractivity contribution in [2.24, 2.45) is 0 Å². The number of nitrogens with zero attached hydrogens (tertiary/aromatic N) is 2. The van der Waals surface area contributed by atoms with E-state index in [0.717, 1.165) is 19.4 Å². The number of imidazole rings is 1. The Balaban J connectivity index is 1.93. The third kappa shape index (κ3) is 7.45. The van der Waals surface area contributed by atoms with E-state index in [4.69, 9.17) is 14.2 Å². The SMILES string of the molecule is CCCCOCCOCCOCCn1ccn(CC)c1=O. The van der Waals surface area contributed by atoms with Crippen molar-refractivity contribution in [3.8, 4) is 0 Å². The molecule has 0 aliphatic heterocycles. The van der Waals surface area contributed by atoms with E-state index in [-0.39, 0.29) is 5.69 Å². The van der Waals surface area contributed by atoms with Crippen LogP contribution in [0.5, 0.6) is 0 Å². The zero-order chi connectivity index (χ0) is 15.3. The number of aromatic nitrogens is 2. The summed E-state index contributed by atoms with van der Waals surface area (Å²) in [6.07, 6.45) is 5.84. The third-order valence-electron chi connectivity index (χ3n) is 3.12. The highest BCUT2D eigenvalue weighted by atomic mass is 16.5. The van der Waals surface area contributed by atoms with Gasteiger partial charge in [-0.05, 0) is 13.3 Å². The fourth-order valence-corrected chi connectivity index (χ4v) is 1.82. The van der Waals surface area contributed by atoms with Crippen LogP contribution in [0, 0.1) is 0 Å². The Morgan fingerprint density at radius 3 is 2.00 bits per heavy atom. The van der Waals surface area contributed by atoms with Crippen LogP contribution in [-0.2, 0) is 27.3 Å². The first-order valence-electron chi connectivity index (χ1n) is 7.78. The molecule has 0 saturated carbocycles. The van der Waals surface area contributed by atoms with Crippen molar-refractivity contribution < 1.29 is 14.2 Å². The van der Waals surface area contributed by atoms with Gasteiger partial charge in [0.05, 0.1) is 39.6 Å². The van der Waals surface area contributed by atoms with E-state index in [1.807, 2.05) is 6.92 Å². The van der Waals surface area contributed by atoms with Crippen LogP contribution in [-0.4, -0.2) is 48.8 Å². The molecule has 6 heteroatoms. The predicted octanol–water partition coefficient (Wildman–Crippen LogP) is 1.52. The Bertz CT molecular complexity index is 414. The molecule has 1 heterocycles. The van der Waals surface area contributed by atoms with Crippen LogP contribution < -0.4 is 5.69 Å². The molecule has 1 aromatic rings. The Kier molecular flexibility index (Phi) is 9.86. The first-order valence-corrected chi connectivity index (χ1v) is 7.78. The van der Waals surface area contributed by atoms with Gasteiger partial charge < -0.3 is 14.2 Å². The molecule has 0 bridgehead atoms. The molecule has 0 aliphatic carbocycles. The summed E-state index contributed by atoms with van der Waals surface area (Å²) in [5.41, 5.74) is 0.0154. The molecule has 0 spiro atoms. The summed E-state index contributed by atoms with van der Waals surface area (Å²) in [5.74, 6) is 0. The number of rotatable bonds is 13. The van der Waals surface area contributed by atoms with Gasteiger partial charge in [-0.3, -0.25) is 9.13 Å². The first kappa shape index (κ1) is 17.9. The smallest absolute Gasteiger partial charge is 0.328 e. The van der Waals surface area contributed by atoms with Gasteiger partial charge in [-0.15, -0.1) is 0 Å². The fraction of sp³-hybridized carbons (Fsp3) is 0.800. The fourth-order valence-electron chi connectivity index (χ4n) is 1.82. The highest BCUT2D eigenvalue weighted by Crippen LogP contribution is 1.89. The number of ether oxygens (including phenoxy) is 3. The highest BCUT2D eigenvalue weighted by molar-refractivity contribution is 4.80. The van der Waals surface area contributed by atoms with Crippen molar-refractivity contribution >= 4 is 0 Å². The molecule has 0 unspecified atom stereocenters. The third-order valence-corrected chi connectivity index (χ3v) is 3.12. The second-order valence-electron chi connectivity index (χ2n) is 4.75. The monoisotopic (exact) mass is 300 g/mol. The van der Waals surface area contributed by atoms with Gasteiger partial charge in [-0.2, -0.15) is 0 Å². The number of hydrogen-bond donors (Lipinski definition) is 0. The minimum Gasteiger partial charge on any atom is -0.379 e. The molecular weight excluding hydrogens is 272 g/mol. The van der Waals surface area contributed by atoms with Crippen LogP contribution in [0.3, 0.4) is 0 Å². The van der Waals surface area contributed by atoms with E-state index < -0.39 is 0 Å². The quantitative estimate of drug-likeness (QED) is 0.518. The molecule has 0 radical (unpaired) electrons. The Morgan fingerprint density at radius 1 is 0.857 bits per heavy atom. The van der Waals surface area contributed by atoms with Crippen molar-refractivity contribution in [1.82, 2.24) is 9.13 Å². The van der Waals surface area contributed by atoms with Gasteiger partial charge in [0.25, 0.3) is 0 Å². The molecule has 1 aromatic heterocycles. The van der Waals surface area contributed by atoms with Crippen molar-refractivity contribution in [3.63, 3.8) is 0 Å².